The minimum Gasteiger partial charge on any atom is -0.321 e. The molecule has 4 aromatic carbocycles. The Morgan fingerprint density at radius 2 is 1.61 bits per heavy atom. The van der Waals surface area contributed by atoms with Crippen molar-refractivity contribution < 1.29 is 31.5 Å². The van der Waals surface area contributed by atoms with Crippen LogP contribution >= 0.6 is 11.6 Å². The number of nitrogens with one attached hydrogen (secondary N) is 1. The lowest BCUT2D eigenvalue weighted by molar-refractivity contribution is -0.137. The summed E-state index contributed by atoms with van der Waals surface area (Å²) in [5.74, 6) is -4.16. The molecule has 1 N–H and O–H groups in total. The van der Waals surface area contributed by atoms with Gasteiger partial charge in [-0.25, -0.2) is 13.8 Å². The number of halogens is 6. The molecule has 1 saturated carbocycles. The van der Waals surface area contributed by atoms with E-state index in [0.29, 0.717) is 30.5 Å². The molecule has 0 saturated heterocycles. The predicted octanol–water partition coefficient (Wildman–Crippen LogP) is 6.02. The van der Waals surface area contributed by atoms with Gasteiger partial charge in [-0.3, -0.25) is 19.2 Å². The summed E-state index contributed by atoms with van der Waals surface area (Å²) < 4.78 is 68.0. The lowest BCUT2D eigenvalue weighted by Crippen LogP contribution is -2.37. The highest BCUT2D eigenvalue weighted by molar-refractivity contribution is 6.39. The maximum atomic E-state index is 14.1. The monoisotopic (exact) mass is 584 g/mol. The Morgan fingerprint density at radius 1 is 0.878 bits per heavy atom. The summed E-state index contributed by atoms with van der Waals surface area (Å²) in [6.45, 7) is 0. The van der Waals surface area contributed by atoms with Crippen molar-refractivity contribution in [3.05, 3.63) is 119 Å². The van der Waals surface area contributed by atoms with Gasteiger partial charge in [0, 0.05) is 27.8 Å². The average molecular weight is 585 g/mol. The summed E-state index contributed by atoms with van der Waals surface area (Å²) in [7, 11) is 0. The van der Waals surface area contributed by atoms with Crippen LogP contribution < -0.4 is 16.2 Å². The molecular weight excluding hydrogens is 571 g/mol. The van der Waals surface area contributed by atoms with E-state index in [4.69, 9.17) is 11.6 Å². The maximum Gasteiger partial charge on any atom is 0.416 e. The van der Waals surface area contributed by atoms with Crippen LogP contribution in [0.2, 0.25) is 5.02 Å². The van der Waals surface area contributed by atoms with Gasteiger partial charge < -0.3 is 5.32 Å². The molecule has 4 aromatic rings. The SMILES string of the molecule is O=C(Nc1cc(-c2c(C3CC3)c(=O)c2=O)cc2c1C(c1cc(F)ccc1Cl)=NC2=O)c1cc(F)cc(C(F)(F)F)c1. The van der Waals surface area contributed by atoms with Crippen LogP contribution in [0.3, 0.4) is 0 Å². The number of benzene rings is 3. The molecule has 1 fully saturated rings. The highest BCUT2D eigenvalue weighted by Gasteiger charge is 2.37. The molecule has 0 bridgehead atoms. The minimum atomic E-state index is -4.94. The van der Waals surface area contributed by atoms with Crippen molar-refractivity contribution >= 4 is 34.8 Å². The number of hydrogen-bond donors (Lipinski definition) is 1. The fraction of sp³-hybridized carbons (Fsp3) is 0.138. The highest BCUT2D eigenvalue weighted by Crippen LogP contribution is 2.44. The second kappa shape index (κ2) is 9.27. The largest absolute Gasteiger partial charge is 0.416 e. The number of aliphatic imine (C=N–C) groups is 1. The van der Waals surface area contributed by atoms with Gasteiger partial charge in [-0.15, -0.1) is 0 Å². The minimum absolute atomic E-state index is 0.00518. The van der Waals surface area contributed by atoms with E-state index >= 15 is 0 Å². The second-order valence-electron chi connectivity index (χ2n) is 9.74. The summed E-state index contributed by atoms with van der Waals surface area (Å²) in [6.07, 6.45) is -3.56. The first-order valence-electron chi connectivity index (χ1n) is 12.1. The summed E-state index contributed by atoms with van der Waals surface area (Å²) >= 11 is 6.25. The van der Waals surface area contributed by atoms with Gasteiger partial charge in [0.2, 0.25) is 10.9 Å². The summed E-state index contributed by atoms with van der Waals surface area (Å²) in [4.78, 5) is 55.0. The van der Waals surface area contributed by atoms with Gasteiger partial charge in [-0.2, -0.15) is 13.2 Å². The van der Waals surface area contributed by atoms with Crippen molar-refractivity contribution in [3.63, 3.8) is 0 Å². The molecule has 1 heterocycles. The van der Waals surface area contributed by atoms with Crippen LogP contribution in [-0.2, 0) is 6.18 Å². The number of alkyl halides is 3. The van der Waals surface area contributed by atoms with E-state index < -0.39 is 51.6 Å². The lowest BCUT2D eigenvalue weighted by Gasteiger charge is -2.17. The van der Waals surface area contributed by atoms with E-state index in [1.165, 1.54) is 18.2 Å². The van der Waals surface area contributed by atoms with Gasteiger partial charge in [0.05, 0.1) is 27.5 Å². The number of fused-ring (bicyclic) bond motifs is 1. The molecule has 2 aliphatic rings. The fourth-order valence-electron chi connectivity index (χ4n) is 4.94. The average Bonchev–Trinajstić information content (AvgIpc) is 3.69. The topological polar surface area (TPSA) is 92.7 Å². The Hall–Kier alpha value is -4.51. The molecule has 1 aliphatic heterocycles. The molecule has 6 rings (SSSR count). The first-order chi connectivity index (χ1) is 19.3. The van der Waals surface area contributed by atoms with E-state index in [9.17, 15) is 41.1 Å². The Bertz CT molecular complexity index is 1940. The van der Waals surface area contributed by atoms with Crippen molar-refractivity contribution in [3.8, 4) is 11.1 Å². The zero-order valence-corrected chi connectivity index (χ0v) is 21.2. The van der Waals surface area contributed by atoms with Crippen molar-refractivity contribution in [2.45, 2.75) is 24.9 Å². The van der Waals surface area contributed by atoms with Crippen LogP contribution in [0.15, 0.2) is 63.1 Å². The quantitative estimate of drug-likeness (QED) is 0.229. The fourth-order valence-corrected chi connectivity index (χ4v) is 5.14. The summed E-state index contributed by atoms with van der Waals surface area (Å²) in [5.41, 5.74) is -3.57. The molecule has 41 heavy (non-hydrogen) atoms. The van der Waals surface area contributed by atoms with Crippen molar-refractivity contribution in [1.82, 2.24) is 0 Å². The van der Waals surface area contributed by atoms with Crippen LogP contribution in [0.4, 0.5) is 27.6 Å². The molecule has 2 amide bonds. The van der Waals surface area contributed by atoms with E-state index in [-0.39, 0.29) is 56.2 Å². The number of rotatable bonds is 5. The van der Waals surface area contributed by atoms with Crippen molar-refractivity contribution in [2.75, 3.05) is 5.32 Å². The Morgan fingerprint density at radius 3 is 2.29 bits per heavy atom. The van der Waals surface area contributed by atoms with E-state index in [2.05, 4.69) is 10.3 Å². The summed E-state index contributed by atoms with van der Waals surface area (Å²) in [6, 6.07) is 7.16. The molecule has 0 spiro atoms. The van der Waals surface area contributed by atoms with Gasteiger partial charge in [-0.1, -0.05) is 11.6 Å². The Balaban J connectivity index is 1.53. The van der Waals surface area contributed by atoms with Crippen LogP contribution in [-0.4, -0.2) is 17.5 Å². The van der Waals surface area contributed by atoms with Crippen molar-refractivity contribution in [2.24, 2.45) is 4.99 Å². The molecule has 0 radical (unpaired) electrons. The molecular formula is C29H14ClF5N2O4. The maximum absolute atomic E-state index is 14.1. The van der Waals surface area contributed by atoms with Crippen LogP contribution in [0.1, 0.15) is 61.7 Å². The molecule has 0 aromatic heterocycles. The Labute approximate surface area is 231 Å². The highest BCUT2D eigenvalue weighted by atomic mass is 35.5. The third-order valence-corrected chi connectivity index (χ3v) is 7.29. The van der Waals surface area contributed by atoms with E-state index in [1.54, 1.807) is 0 Å². The smallest absolute Gasteiger partial charge is 0.321 e. The number of hydrogen-bond acceptors (Lipinski definition) is 4. The molecule has 1 aliphatic carbocycles. The predicted molar refractivity (Wildman–Crippen MR) is 139 cm³/mol. The molecule has 0 atom stereocenters. The standard InChI is InChI=1S/C29H14ClF5N2O4/c30-19-4-3-15(31)10-17(19)24-23-18(28(41)37-24)7-12(22-21(11-1-2-11)25(38)26(22)39)8-20(23)36-27(40)13-5-14(29(33,34)35)9-16(32)6-13/h3-11H,1-2H2,(H,36,40). The van der Waals surface area contributed by atoms with Gasteiger partial charge >= 0.3 is 6.18 Å². The summed E-state index contributed by atoms with van der Waals surface area (Å²) in [5, 5.41) is 2.39. The zero-order valence-electron chi connectivity index (χ0n) is 20.5. The van der Waals surface area contributed by atoms with Crippen LogP contribution in [0.25, 0.3) is 11.1 Å². The number of carbonyl (C=O) groups excluding carboxylic acids is 2. The Kier molecular flexibility index (Phi) is 6.04. The first-order valence-corrected chi connectivity index (χ1v) is 12.5. The van der Waals surface area contributed by atoms with E-state index in [0.717, 1.165) is 12.1 Å². The number of nitrogens with zero attached hydrogens (tertiary/aromatic N) is 1. The van der Waals surface area contributed by atoms with Gasteiger partial charge in [0.25, 0.3) is 11.8 Å². The number of carbonyl (C=O) groups is 2. The van der Waals surface area contributed by atoms with E-state index in [1.807, 2.05) is 0 Å². The third-order valence-electron chi connectivity index (χ3n) is 6.96. The first kappa shape index (κ1) is 26.7. The molecule has 206 valence electrons. The molecule has 6 nitrogen and oxygen atoms in total. The van der Waals surface area contributed by atoms with Gasteiger partial charge in [0.1, 0.15) is 11.6 Å². The van der Waals surface area contributed by atoms with Crippen LogP contribution in [0, 0.1) is 11.6 Å². The number of anilines is 1. The molecule has 0 unspecified atom stereocenters. The normalized spacial score (nSPS) is 14.8. The molecule has 12 heteroatoms. The van der Waals surface area contributed by atoms with Gasteiger partial charge in [-0.05, 0) is 72.9 Å². The second-order valence-corrected chi connectivity index (χ2v) is 10.1. The lowest BCUT2D eigenvalue weighted by atomic mass is 9.87. The van der Waals surface area contributed by atoms with Gasteiger partial charge in [0.15, 0.2) is 0 Å². The zero-order chi connectivity index (χ0) is 29.4. The van der Waals surface area contributed by atoms with Crippen LogP contribution in [0.5, 0.6) is 0 Å². The van der Waals surface area contributed by atoms with Crippen molar-refractivity contribution in [1.29, 1.82) is 0 Å². The number of amides is 2. The third kappa shape index (κ3) is 4.55.